The van der Waals surface area contributed by atoms with Crippen LogP contribution in [0.5, 0.6) is 0 Å². The molecule has 8 nitrogen and oxygen atoms in total. The predicted molar refractivity (Wildman–Crippen MR) is 125 cm³/mol. The van der Waals surface area contributed by atoms with Crippen LogP contribution in [0.25, 0.3) is 10.9 Å². The Morgan fingerprint density at radius 3 is 2.10 bits per heavy atom. The van der Waals surface area contributed by atoms with Gasteiger partial charge in [-0.1, -0.05) is 11.6 Å². The summed E-state index contributed by atoms with van der Waals surface area (Å²) in [7, 11) is 0. The van der Waals surface area contributed by atoms with E-state index >= 15 is 0 Å². The summed E-state index contributed by atoms with van der Waals surface area (Å²) in [6.45, 7) is 13.1. The van der Waals surface area contributed by atoms with E-state index in [1.165, 1.54) is 0 Å². The molecule has 0 unspecified atom stereocenters. The molecule has 1 aromatic heterocycles. The maximum absolute atomic E-state index is 6.27. The summed E-state index contributed by atoms with van der Waals surface area (Å²) < 4.78 is 10.9. The molecular weight excluding hydrogens is 416 g/mol. The van der Waals surface area contributed by atoms with Crippen LogP contribution in [0, 0.1) is 0 Å². The zero-order valence-electron chi connectivity index (χ0n) is 18.4. The first-order valence-electron chi connectivity index (χ1n) is 11.2. The Kier molecular flexibility index (Phi) is 7.79. The number of hydrogen-bond donors (Lipinski definition) is 2. The molecule has 2 aliphatic rings. The summed E-state index contributed by atoms with van der Waals surface area (Å²) in [4.78, 5) is 14.4. The fourth-order valence-corrected chi connectivity index (χ4v) is 4.26. The van der Waals surface area contributed by atoms with Gasteiger partial charge >= 0.3 is 0 Å². The van der Waals surface area contributed by atoms with E-state index in [0.717, 1.165) is 82.4 Å². The number of nitrogens with zero attached hydrogens (tertiary/aromatic N) is 4. The topological polar surface area (TPSA) is 74.8 Å². The Bertz CT molecular complexity index is 857. The lowest BCUT2D eigenvalue weighted by Crippen LogP contribution is -2.45. The second-order valence-corrected chi connectivity index (χ2v) is 8.75. The van der Waals surface area contributed by atoms with Crippen molar-refractivity contribution in [2.45, 2.75) is 25.9 Å². The Labute approximate surface area is 189 Å². The normalized spacial score (nSPS) is 20.5. The van der Waals surface area contributed by atoms with Crippen LogP contribution in [0.3, 0.4) is 0 Å². The molecule has 2 saturated heterocycles. The molecular formula is C22H33ClN6O2. The third-order valence-corrected chi connectivity index (χ3v) is 6.35. The van der Waals surface area contributed by atoms with Crippen LogP contribution in [0.1, 0.15) is 13.8 Å². The Morgan fingerprint density at radius 2 is 1.48 bits per heavy atom. The van der Waals surface area contributed by atoms with E-state index in [1.54, 1.807) is 0 Å². The lowest BCUT2D eigenvalue weighted by molar-refractivity contribution is 0.0227. The highest BCUT2D eigenvalue weighted by Gasteiger charge is 2.19. The van der Waals surface area contributed by atoms with Gasteiger partial charge in [-0.05, 0) is 32.0 Å². The van der Waals surface area contributed by atoms with E-state index in [2.05, 4.69) is 34.3 Å². The summed E-state index contributed by atoms with van der Waals surface area (Å²) in [6.07, 6.45) is 0. The minimum Gasteiger partial charge on any atom is -0.379 e. The quantitative estimate of drug-likeness (QED) is 0.638. The van der Waals surface area contributed by atoms with Gasteiger partial charge in [-0.25, -0.2) is 4.98 Å². The highest BCUT2D eigenvalue weighted by atomic mass is 35.5. The van der Waals surface area contributed by atoms with Gasteiger partial charge in [0, 0.05) is 61.8 Å². The van der Waals surface area contributed by atoms with E-state index < -0.39 is 0 Å². The number of ether oxygens (including phenoxy) is 2. The molecule has 0 aliphatic carbocycles. The van der Waals surface area contributed by atoms with Gasteiger partial charge in [0.2, 0.25) is 5.95 Å². The molecule has 2 aromatic rings. The Morgan fingerprint density at radius 1 is 0.903 bits per heavy atom. The zero-order valence-corrected chi connectivity index (χ0v) is 19.2. The number of rotatable bonds is 8. The number of benzene rings is 1. The SMILES string of the molecule is C[C@@H](CNc1nc(NC[C@H](C)N2CCOCC2)c2cc(Cl)ccc2n1)N1CCOCC1. The molecule has 170 valence electrons. The molecule has 2 N–H and O–H groups in total. The Hall–Kier alpha value is -1.71. The maximum Gasteiger partial charge on any atom is 0.225 e. The fourth-order valence-electron chi connectivity index (χ4n) is 4.09. The summed E-state index contributed by atoms with van der Waals surface area (Å²) in [5.41, 5.74) is 0.877. The number of anilines is 2. The molecule has 0 radical (unpaired) electrons. The summed E-state index contributed by atoms with van der Waals surface area (Å²) >= 11 is 6.27. The minimum absolute atomic E-state index is 0.380. The lowest BCUT2D eigenvalue weighted by atomic mass is 10.2. The van der Waals surface area contributed by atoms with Crippen LogP contribution in [-0.4, -0.2) is 97.5 Å². The second-order valence-electron chi connectivity index (χ2n) is 8.31. The van der Waals surface area contributed by atoms with Gasteiger partial charge in [-0.3, -0.25) is 9.80 Å². The second kappa shape index (κ2) is 10.7. The minimum atomic E-state index is 0.380. The van der Waals surface area contributed by atoms with Crippen molar-refractivity contribution in [2.75, 3.05) is 76.3 Å². The smallest absolute Gasteiger partial charge is 0.225 e. The van der Waals surface area contributed by atoms with Crippen molar-refractivity contribution in [3.63, 3.8) is 0 Å². The number of aromatic nitrogens is 2. The first-order valence-corrected chi connectivity index (χ1v) is 11.6. The number of hydrogen-bond acceptors (Lipinski definition) is 8. The number of morpholine rings is 2. The lowest BCUT2D eigenvalue weighted by Gasteiger charge is -2.32. The van der Waals surface area contributed by atoms with Crippen LogP contribution in [0.15, 0.2) is 18.2 Å². The van der Waals surface area contributed by atoms with Gasteiger partial charge in [-0.2, -0.15) is 4.98 Å². The number of halogens is 1. The summed E-state index contributed by atoms with van der Waals surface area (Å²) in [5.74, 6) is 1.45. The fraction of sp³-hybridized carbons (Fsp3) is 0.636. The van der Waals surface area contributed by atoms with Crippen molar-refractivity contribution in [3.05, 3.63) is 23.2 Å². The third kappa shape index (κ3) is 5.96. The molecule has 0 spiro atoms. The zero-order chi connectivity index (χ0) is 21.6. The molecule has 2 fully saturated rings. The monoisotopic (exact) mass is 448 g/mol. The highest BCUT2D eigenvalue weighted by molar-refractivity contribution is 6.31. The van der Waals surface area contributed by atoms with Crippen molar-refractivity contribution < 1.29 is 9.47 Å². The van der Waals surface area contributed by atoms with Crippen LogP contribution in [0.2, 0.25) is 5.02 Å². The standard InChI is InChI=1S/C22H33ClN6O2/c1-16(28-5-9-30-10-6-28)14-24-21-19-13-18(23)3-4-20(19)26-22(27-21)25-15-17(2)29-7-11-31-12-8-29/h3-4,13,16-17H,5-12,14-15H2,1-2H3,(H2,24,25,26,27)/t16-,17-/m0/s1. The average Bonchev–Trinajstić information content (AvgIpc) is 2.82. The van der Waals surface area contributed by atoms with Crippen LogP contribution < -0.4 is 10.6 Å². The predicted octanol–water partition coefficient (Wildman–Crippen LogP) is 2.55. The van der Waals surface area contributed by atoms with Crippen molar-refractivity contribution >= 4 is 34.3 Å². The first-order chi connectivity index (χ1) is 15.1. The van der Waals surface area contributed by atoms with Crippen LogP contribution >= 0.6 is 11.6 Å². The van der Waals surface area contributed by atoms with Gasteiger partial charge in [0.05, 0.1) is 31.9 Å². The number of fused-ring (bicyclic) bond motifs is 1. The van der Waals surface area contributed by atoms with E-state index in [0.29, 0.717) is 23.1 Å². The van der Waals surface area contributed by atoms with Gasteiger partial charge in [0.15, 0.2) is 0 Å². The highest BCUT2D eigenvalue weighted by Crippen LogP contribution is 2.25. The molecule has 4 rings (SSSR count). The van der Waals surface area contributed by atoms with Gasteiger partial charge in [0.1, 0.15) is 5.82 Å². The van der Waals surface area contributed by atoms with Gasteiger partial charge in [0.25, 0.3) is 0 Å². The molecule has 0 amide bonds. The average molecular weight is 449 g/mol. The largest absolute Gasteiger partial charge is 0.379 e. The van der Waals surface area contributed by atoms with E-state index in [4.69, 9.17) is 31.0 Å². The van der Waals surface area contributed by atoms with Crippen molar-refractivity contribution in [2.24, 2.45) is 0 Å². The maximum atomic E-state index is 6.27. The van der Waals surface area contributed by atoms with Crippen LogP contribution in [-0.2, 0) is 9.47 Å². The molecule has 31 heavy (non-hydrogen) atoms. The molecule has 0 saturated carbocycles. The van der Waals surface area contributed by atoms with E-state index in [-0.39, 0.29) is 0 Å². The molecule has 3 heterocycles. The first kappa shape index (κ1) is 22.5. The van der Waals surface area contributed by atoms with Crippen LogP contribution in [0.4, 0.5) is 11.8 Å². The molecule has 9 heteroatoms. The third-order valence-electron chi connectivity index (χ3n) is 6.12. The van der Waals surface area contributed by atoms with Gasteiger partial charge in [-0.15, -0.1) is 0 Å². The van der Waals surface area contributed by atoms with Crippen molar-refractivity contribution in [3.8, 4) is 0 Å². The Balaban J connectivity index is 1.45. The van der Waals surface area contributed by atoms with E-state index in [9.17, 15) is 0 Å². The summed E-state index contributed by atoms with van der Waals surface area (Å²) in [5, 5.41) is 8.60. The summed E-state index contributed by atoms with van der Waals surface area (Å²) in [6, 6.07) is 6.51. The molecule has 2 atom stereocenters. The molecule has 2 aliphatic heterocycles. The van der Waals surface area contributed by atoms with Crippen molar-refractivity contribution in [1.82, 2.24) is 19.8 Å². The van der Waals surface area contributed by atoms with Gasteiger partial charge < -0.3 is 20.1 Å². The molecule has 1 aromatic carbocycles. The molecule has 0 bridgehead atoms. The van der Waals surface area contributed by atoms with Crippen molar-refractivity contribution in [1.29, 1.82) is 0 Å². The van der Waals surface area contributed by atoms with E-state index in [1.807, 2.05) is 18.2 Å². The number of nitrogens with one attached hydrogen (secondary N) is 2.